The van der Waals surface area contributed by atoms with Crippen LogP contribution >= 0.6 is 11.8 Å². The summed E-state index contributed by atoms with van der Waals surface area (Å²) in [6.45, 7) is 2.95. The molecule has 6 heteroatoms. The molecule has 0 unspecified atom stereocenters. The van der Waals surface area contributed by atoms with Crippen molar-refractivity contribution in [2.75, 3.05) is 11.4 Å². The fourth-order valence-corrected chi connectivity index (χ4v) is 4.24. The van der Waals surface area contributed by atoms with Gasteiger partial charge in [0.15, 0.2) is 0 Å². The van der Waals surface area contributed by atoms with E-state index in [-0.39, 0.29) is 11.8 Å². The topological polar surface area (TPSA) is 62.3 Å². The quantitative estimate of drug-likeness (QED) is 0.728. The molecule has 0 saturated carbocycles. The summed E-state index contributed by atoms with van der Waals surface area (Å²) in [7, 11) is 0. The Morgan fingerprint density at radius 1 is 1.11 bits per heavy atom. The fourth-order valence-electron chi connectivity index (χ4n) is 3.15. The van der Waals surface area contributed by atoms with Crippen LogP contribution in [0.4, 0.5) is 5.69 Å². The van der Waals surface area contributed by atoms with Gasteiger partial charge in [-0.25, -0.2) is 4.98 Å². The molecule has 1 aliphatic rings. The highest BCUT2D eigenvalue weighted by Gasteiger charge is 2.27. The summed E-state index contributed by atoms with van der Waals surface area (Å²) in [5.74, 6) is -0.150. The van der Waals surface area contributed by atoms with Crippen LogP contribution < -0.4 is 10.2 Å². The molecule has 28 heavy (non-hydrogen) atoms. The van der Waals surface area contributed by atoms with Crippen molar-refractivity contribution in [1.82, 2.24) is 10.3 Å². The minimum absolute atomic E-state index is 0.0398. The van der Waals surface area contributed by atoms with Gasteiger partial charge in [0.2, 0.25) is 0 Å². The monoisotopic (exact) mass is 389 g/mol. The Morgan fingerprint density at radius 2 is 1.93 bits per heavy atom. The van der Waals surface area contributed by atoms with E-state index in [0.717, 1.165) is 16.1 Å². The summed E-state index contributed by atoms with van der Waals surface area (Å²) in [6.07, 6.45) is 1.70. The Balaban J connectivity index is 1.60. The third-order valence-electron chi connectivity index (χ3n) is 4.57. The number of aromatic nitrogens is 1. The van der Waals surface area contributed by atoms with E-state index in [9.17, 15) is 9.59 Å². The van der Waals surface area contributed by atoms with Gasteiger partial charge in [-0.2, -0.15) is 0 Å². The van der Waals surface area contributed by atoms with Crippen molar-refractivity contribution in [3.05, 3.63) is 83.6 Å². The standard InChI is InChI=1S/C22H19N3O2S/c1-2-25-18-11-10-15(14-24-20(26)16-7-4-3-5-8-16)13-19(18)28-21-17(22(25)27)9-6-12-23-21/h3-13H,2,14H2,1H3,(H,24,26). The normalized spacial score (nSPS) is 12.8. The van der Waals surface area contributed by atoms with Gasteiger partial charge in [0, 0.05) is 29.7 Å². The second kappa shape index (κ2) is 7.86. The van der Waals surface area contributed by atoms with E-state index in [0.29, 0.717) is 29.2 Å². The van der Waals surface area contributed by atoms with Crippen LogP contribution in [0.2, 0.25) is 0 Å². The van der Waals surface area contributed by atoms with Crippen molar-refractivity contribution >= 4 is 29.3 Å². The second-order valence-electron chi connectivity index (χ2n) is 6.36. The molecule has 1 N–H and O–H groups in total. The molecular formula is C22H19N3O2S. The van der Waals surface area contributed by atoms with Gasteiger partial charge >= 0.3 is 0 Å². The van der Waals surface area contributed by atoms with Gasteiger partial charge in [0.25, 0.3) is 11.8 Å². The Hall–Kier alpha value is -3.12. The van der Waals surface area contributed by atoms with Crippen LogP contribution in [0, 0.1) is 0 Å². The number of anilines is 1. The first-order valence-electron chi connectivity index (χ1n) is 9.08. The van der Waals surface area contributed by atoms with Gasteiger partial charge in [-0.3, -0.25) is 9.59 Å². The van der Waals surface area contributed by atoms with Crippen LogP contribution in [-0.4, -0.2) is 23.3 Å². The van der Waals surface area contributed by atoms with Crippen molar-refractivity contribution in [3.63, 3.8) is 0 Å². The average Bonchev–Trinajstić information content (AvgIpc) is 2.86. The summed E-state index contributed by atoms with van der Waals surface area (Å²) in [6, 6.07) is 18.6. The first-order valence-corrected chi connectivity index (χ1v) is 9.90. The molecule has 0 atom stereocenters. The molecule has 2 aromatic carbocycles. The van der Waals surface area contributed by atoms with E-state index in [4.69, 9.17) is 0 Å². The van der Waals surface area contributed by atoms with Crippen molar-refractivity contribution in [3.8, 4) is 0 Å². The number of carbonyl (C=O) groups excluding carboxylic acids is 2. The highest BCUT2D eigenvalue weighted by molar-refractivity contribution is 7.99. The molecule has 1 aliphatic heterocycles. The van der Waals surface area contributed by atoms with E-state index >= 15 is 0 Å². The molecule has 0 aliphatic carbocycles. The van der Waals surface area contributed by atoms with Gasteiger partial charge in [-0.15, -0.1) is 0 Å². The highest BCUT2D eigenvalue weighted by atomic mass is 32.2. The largest absolute Gasteiger partial charge is 0.348 e. The zero-order chi connectivity index (χ0) is 19.5. The molecule has 0 fully saturated rings. The maximum atomic E-state index is 12.9. The third-order valence-corrected chi connectivity index (χ3v) is 5.64. The lowest BCUT2D eigenvalue weighted by atomic mass is 10.1. The van der Waals surface area contributed by atoms with Gasteiger partial charge in [-0.05, 0) is 48.9 Å². The van der Waals surface area contributed by atoms with Crippen molar-refractivity contribution in [2.24, 2.45) is 0 Å². The van der Waals surface area contributed by atoms with E-state index in [1.807, 2.05) is 49.4 Å². The van der Waals surface area contributed by atoms with Gasteiger partial charge in [-0.1, -0.05) is 36.0 Å². The number of rotatable bonds is 4. The SMILES string of the molecule is CCN1C(=O)c2cccnc2Sc2cc(CNC(=O)c3ccccc3)ccc21. The number of pyridine rings is 1. The molecule has 2 heterocycles. The predicted octanol–water partition coefficient (Wildman–Crippen LogP) is 4.14. The third kappa shape index (κ3) is 3.51. The Bertz CT molecular complexity index is 1040. The maximum absolute atomic E-state index is 12.9. The Morgan fingerprint density at radius 3 is 2.71 bits per heavy atom. The number of fused-ring (bicyclic) bond motifs is 2. The Labute approximate surface area is 167 Å². The van der Waals surface area contributed by atoms with E-state index in [2.05, 4.69) is 10.3 Å². The molecule has 0 spiro atoms. The molecule has 0 bridgehead atoms. The number of nitrogens with one attached hydrogen (secondary N) is 1. The van der Waals surface area contributed by atoms with Crippen LogP contribution in [0.25, 0.3) is 0 Å². The molecule has 140 valence electrons. The fraction of sp³-hybridized carbons (Fsp3) is 0.136. The number of hydrogen-bond donors (Lipinski definition) is 1. The van der Waals surface area contributed by atoms with Crippen molar-refractivity contribution in [1.29, 1.82) is 0 Å². The van der Waals surface area contributed by atoms with Gasteiger partial charge in [0.05, 0.1) is 11.3 Å². The number of hydrogen-bond acceptors (Lipinski definition) is 4. The summed E-state index contributed by atoms with van der Waals surface area (Å²) >= 11 is 1.48. The van der Waals surface area contributed by atoms with Crippen LogP contribution in [0.1, 0.15) is 33.2 Å². The van der Waals surface area contributed by atoms with Crippen LogP contribution in [0.15, 0.2) is 76.8 Å². The molecular weight excluding hydrogens is 370 g/mol. The van der Waals surface area contributed by atoms with Gasteiger partial charge < -0.3 is 10.2 Å². The number of nitrogens with zero attached hydrogens (tertiary/aromatic N) is 2. The molecule has 2 amide bonds. The summed E-state index contributed by atoms with van der Waals surface area (Å²) < 4.78 is 0. The zero-order valence-corrected chi connectivity index (χ0v) is 16.2. The molecule has 4 rings (SSSR count). The molecule has 5 nitrogen and oxygen atoms in total. The summed E-state index contributed by atoms with van der Waals surface area (Å²) in [5, 5.41) is 3.65. The zero-order valence-electron chi connectivity index (χ0n) is 15.4. The highest BCUT2D eigenvalue weighted by Crippen LogP contribution is 2.40. The number of carbonyl (C=O) groups is 2. The van der Waals surface area contributed by atoms with Crippen molar-refractivity contribution < 1.29 is 9.59 Å². The lowest BCUT2D eigenvalue weighted by Gasteiger charge is -2.21. The van der Waals surface area contributed by atoms with Crippen LogP contribution in [-0.2, 0) is 6.54 Å². The van der Waals surface area contributed by atoms with Crippen molar-refractivity contribution in [2.45, 2.75) is 23.4 Å². The lowest BCUT2D eigenvalue weighted by molar-refractivity contribution is 0.0949. The van der Waals surface area contributed by atoms with Crippen LogP contribution in [0.3, 0.4) is 0 Å². The predicted molar refractivity (Wildman–Crippen MR) is 110 cm³/mol. The summed E-state index contributed by atoms with van der Waals surface area (Å²) in [5.41, 5.74) is 3.09. The summed E-state index contributed by atoms with van der Waals surface area (Å²) in [4.78, 5) is 32.3. The Kier molecular flexibility index (Phi) is 5.12. The molecule has 0 radical (unpaired) electrons. The van der Waals surface area contributed by atoms with Crippen LogP contribution in [0.5, 0.6) is 0 Å². The number of amides is 2. The van der Waals surface area contributed by atoms with Gasteiger partial charge in [0.1, 0.15) is 5.03 Å². The minimum atomic E-state index is -0.111. The molecule has 3 aromatic rings. The maximum Gasteiger partial charge on any atom is 0.261 e. The first-order chi connectivity index (χ1) is 13.7. The minimum Gasteiger partial charge on any atom is -0.348 e. The molecule has 0 saturated heterocycles. The van der Waals surface area contributed by atoms with E-state index in [1.165, 1.54) is 11.8 Å². The van der Waals surface area contributed by atoms with E-state index in [1.54, 1.807) is 29.3 Å². The first kappa shape index (κ1) is 18.3. The van der Waals surface area contributed by atoms with E-state index < -0.39 is 0 Å². The smallest absolute Gasteiger partial charge is 0.261 e. The lowest BCUT2D eigenvalue weighted by Crippen LogP contribution is -2.30. The average molecular weight is 389 g/mol. The number of benzene rings is 2. The second-order valence-corrected chi connectivity index (χ2v) is 7.39. The molecule has 1 aromatic heterocycles.